The molecule has 2 heterocycles. The number of anilines is 1. The van der Waals surface area contributed by atoms with Crippen LogP contribution in [0.5, 0.6) is 11.5 Å². The molecule has 174 valence electrons. The van der Waals surface area contributed by atoms with Gasteiger partial charge in [0.15, 0.2) is 11.5 Å². The Balaban J connectivity index is 1.52. The maximum absolute atomic E-state index is 13.3. The highest BCUT2D eigenvalue weighted by atomic mass is 79.9. The number of rotatable bonds is 7. The highest BCUT2D eigenvalue weighted by Gasteiger charge is 2.32. The second-order valence-electron chi connectivity index (χ2n) is 8.09. The number of halogens is 1. The molecule has 33 heavy (non-hydrogen) atoms. The third-order valence-corrected chi connectivity index (χ3v) is 6.67. The van der Waals surface area contributed by atoms with Gasteiger partial charge in [-0.15, -0.1) is 0 Å². The van der Waals surface area contributed by atoms with Gasteiger partial charge in [-0.2, -0.15) is 0 Å². The molecule has 0 aliphatic carbocycles. The zero-order valence-electron chi connectivity index (χ0n) is 18.8. The zero-order chi connectivity index (χ0) is 23.4. The summed E-state index contributed by atoms with van der Waals surface area (Å²) in [4.78, 5) is 30.0. The molecule has 2 aromatic carbocycles. The van der Waals surface area contributed by atoms with Crippen molar-refractivity contribution in [2.45, 2.75) is 25.8 Å². The fourth-order valence-electron chi connectivity index (χ4n) is 4.32. The summed E-state index contributed by atoms with van der Waals surface area (Å²) < 4.78 is 12.0. The highest BCUT2D eigenvalue weighted by molar-refractivity contribution is 9.10. The van der Waals surface area contributed by atoms with Crippen LogP contribution in [0.2, 0.25) is 0 Å². The van der Waals surface area contributed by atoms with Crippen LogP contribution in [-0.4, -0.2) is 56.0 Å². The molecule has 1 unspecified atom stereocenters. The Labute approximate surface area is 202 Å². The van der Waals surface area contributed by atoms with E-state index in [1.54, 1.807) is 25.3 Å². The second-order valence-corrected chi connectivity index (χ2v) is 8.95. The first-order valence-corrected chi connectivity index (χ1v) is 11.9. The third kappa shape index (κ3) is 5.23. The first kappa shape index (κ1) is 23.3. The lowest BCUT2D eigenvalue weighted by Crippen LogP contribution is -2.47. The van der Waals surface area contributed by atoms with Gasteiger partial charge in [-0.1, -0.05) is 25.1 Å². The number of nitrogens with one attached hydrogen (secondary N) is 1. The standard InChI is InChI=1S/C25H28BrN3O4/c1-3-28-12-6-7-18(28)15-27-24(30)16-29-20-8-4-5-9-22(20)33-23(25(29)31)14-17-10-11-21(32-2)19(26)13-17/h4-5,8-11,13-14,18H,3,6-7,12,15-16H2,1-2H3,(H,27,30)/b23-14+. The molecule has 0 saturated carbocycles. The number of amides is 2. The lowest BCUT2D eigenvalue weighted by atomic mass is 10.1. The minimum Gasteiger partial charge on any atom is -0.496 e. The van der Waals surface area contributed by atoms with Crippen molar-refractivity contribution < 1.29 is 19.1 Å². The van der Waals surface area contributed by atoms with Crippen LogP contribution in [-0.2, 0) is 9.59 Å². The van der Waals surface area contributed by atoms with Crippen LogP contribution in [0, 0.1) is 0 Å². The highest BCUT2D eigenvalue weighted by Crippen LogP contribution is 2.36. The Bertz CT molecular complexity index is 1070. The molecule has 1 fully saturated rings. The average Bonchev–Trinajstić information content (AvgIpc) is 3.28. The zero-order valence-corrected chi connectivity index (χ0v) is 20.4. The van der Waals surface area contributed by atoms with Crippen molar-refractivity contribution >= 4 is 39.5 Å². The first-order valence-electron chi connectivity index (χ1n) is 11.1. The fourth-order valence-corrected chi connectivity index (χ4v) is 4.88. The van der Waals surface area contributed by atoms with E-state index < -0.39 is 0 Å². The van der Waals surface area contributed by atoms with Gasteiger partial charge in [0.05, 0.1) is 17.3 Å². The van der Waals surface area contributed by atoms with Crippen LogP contribution in [0.3, 0.4) is 0 Å². The van der Waals surface area contributed by atoms with Gasteiger partial charge >= 0.3 is 0 Å². The SMILES string of the molecule is CCN1CCCC1CNC(=O)CN1C(=O)/C(=C\c2ccc(OC)c(Br)c2)Oc2ccccc21. The smallest absolute Gasteiger partial charge is 0.294 e. The molecule has 1 saturated heterocycles. The molecular formula is C25H28BrN3O4. The van der Waals surface area contributed by atoms with Crippen molar-refractivity contribution in [1.29, 1.82) is 0 Å². The molecule has 0 spiro atoms. The molecule has 2 aromatic rings. The molecule has 2 aliphatic heterocycles. The van der Waals surface area contributed by atoms with Crippen molar-refractivity contribution in [2.75, 3.05) is 38.2 Å². The Hall–Kier alpha value is -2.84. The van der Waals surface area contributed by atoms with E-state index in [0.29, 0.717) is 29.8 Å². The van der Waals surface area contributed by atoms with Crippen LogP contribution >= 0.6 is 15.9 Å². The maximum Gasteiger partial charge on any atom is 0.294 e. The van der Waals surface area contributed by atoms with Crippen molar-refractivity contribution in [3.63, 3.8) is 0 Å². The van der Waals surface area contributed by atoms with Gasteiger partial charge < -0.3 is 14.8 Å². The van der Waals surface area contributed by atoms with Gasteiger partial charge in [-0.25, -0.2) is 0 Å². The van der Waals surface area contributed by atoms with Crippen molar-refractivity contribution in [2.24, 2.45) is 0 Å². The molecule has 2 amide bonds. The van der Waals surface area contributed by atoms with Crippen molar-refractivity contribution in [3.8, 4) is 11.5 Å². The number of hydrogen-bond donors (Lipinski definition) is 1. The molecule has 0 aromatic heterocycles. The van der Waals surface area contributed by atoms with Crippen molar-refractivity contribution in [3.05, 3.63) is 58.3 Å². The number of carbonyl (C=O) groups is 2. The van der Waals surface area contributed by atoms with E-state index in [0.717, 1.165) is 36.0 Å². The predicted octanol–water partition coefficient (Wildman–Crippen LogP) is 3.82. The summed E-state index contributed by atoms with van der Waals surface area (Å²) >= 11 is 3.47. The minimum atomic E-state index is -0.355. The Morgan fingerprint density at radius 1 is 1.30 bits per heavy atom. The van der Waals surface area contributed by atoms with Crippen LogP contribution in [0.25, 0.3) is 6.08 Å². The summed E-state index contributed by atoms with van der Waals surface area (Å²) in [5, 5.41) is 3.02. The maximum atomic E-state index is 13.3. The van der Waals surface area contributed by atoms with Gasteiger partial charge in [0, 0.05) is 12.6 Å². The summed E-state index contributed by atoms with van der Waals surface area (Å²) in [6.45, 7) is 4.71. The summed E-state index contributed by atoms with van der Waals surface area (Å²) in [6, 6.07) is 13.1. The molecule has 1 atom stereocenters. The molecule has 0 radical (unpaired) electrons. The second kappa shape index (κ2) is 10.4. The number of nitrogens with zero attached hydrogens (tertiary/aromatic N) is 2. The number of likely N-dealkylation sites (N-methyl/N-ethyl adjacent to an activating group) is 1. The normalized spacial score (nSPS) is 19.4. The third-order valence-electron chi connectivity index (χ3n) is 6.05. The quantitative estimate of drug-likeness (QED) is 0.569. The lowest BCUT2D eigenvalue weighted by Gasteiger charge is -2.30. The van der Waals surface area contributed by atoms with E-state index >= 15 is 0 Å². The first-order chi connectivity index (χ1) is 16.0. The monoisotopic (exact) mass is 513 g/mol. The summed E-state index contributed by atoms with van der Waals surface area (Å²) in [6.07, 6.45) is 3.90. The number of benzene rings is 2. The van der Waals surface area contributed by atoms with E-state index in [1.165, 1.54) is 4.90 Å². The largest absolute Gasteiger partial charge is 0.496 e. The van der Waals surface area contributed by atoms with Gasteiger partial charge in [0.25, 0.3) is 5.91 Å². The summed E-state index contributed by atoms with van der Waals surface area (Å²) in [5.74, 6) is 0.852. The fraction of sp³-hybridized carbons (Fsp3) is 0.360. The van der Waals surface area contributed by atoms with Gasteiger partial charge in [0.2, 0.25) is 5.91 Å². The summed E-state index contributed by atoms with van der Waals surface area (Å²) in [5.41, 5.74) is 1.36. The average molecular weight is 514 g/mol. The van der Waals surface area contributed by atoms with E-state index in [-0.39, 0.29) is 24.1 Å². The van der Waals surface area contributed by atoms with E-state index in [4.69, 9.17) is 9.47 Å². The van der Waals surface area contributed by atoms with Crippen LogP contribution in [0.4, 0.5) is 5.69 Å². The minimum absolute atomic E-state index is 0.0678. The van der Waals surface area contributed by atoms with Crippen LogP contribution in [0.1, 0.15) is 25.3 Å². The van der Waals surface area contributed by atoms with E-state index in [9.17, 15) is 9.59 Å². The van der Waals surface area contributed by atoms with E-state index in [2.05, 4.69) is 33.1 Å². The molecule has 4 rings (SSSR count). The van der Waals surface area contributed by atoms with Gasteiger partial charge in [-0.3, -0.25) is 19.4 Å². The topological polar surface area (TPSA) is 71.1 Å². The van der Waals surface area contributed by atoms with Crippen LogP contribution < -0.4 is 19.7 Å². The van der Waals surface area contributed by atoms with Gasteiger partial charge in [-0.05, 0) is 77.8 Å². The molecule has 0 bridgehead atoms. The number of likely N-dealkylation sites (tertiary alicyclic amines) is 1. The molecule has 1 N–H and O–H groups in total. The van der Waals surface area contributed by atoms with Crippen LogP contribution in [0.15, 0.2) is 52.7 Å². The molecule has 7 nitrogen and oxygen atoms in total. The number of fused-ring (bicyclic) bond motifs is 1. The van der Waals surface area contributed by atoms with Crippen molar-refractivity contribution in [1.82, 2.24) is 10.2 Å². The molecule has 8 heteroatoms. The molecule has 2 aliphatic rings. The summed E-state index contributed by atoms with van der Waals surface area (Å²) in [7, 11) is 1.60. The Kier molecular flexibility index (Phi) is 7.35. The van der Waals surface area contributed by atoms with E-state index in [1.807, 2.05) is 30.3 Å². The number of para-hydroxylation sites is 2. The molecular weight excluding hydrogens is 486 g/mol. The van der Waals surface area contributed by atoms with Gasteiger partial charge in [0.1, 0.15) is 12.3 Å². The lowest BCUT2D eigenvalue weighted by molar-refractivity contribution is -0.123. The Morgan fingerprint density at radius 2 is 2.12 bits per heavy atom. The number of methoxy groups -OCH3 is 1. The number of ether oxygens (including phenoxy) is 2. The number of carbonyl (C=O) groups excluding carboxylic acids is 2. The predicted molar refractivity (Wildman–Crippen MR) is 131 cm³/mol. The Morgan fingerprint density at radius 3 is 2.88 bits per heavy atom. The number of hydrogen-bond acceptors (Lipinski definition) is 5.